The van der Waals surface area contributed by atoms with Crippen LogP contribution in [0.4, 0.5) is 10.0 Å². The highest BCUT2D eigenvalue weighted by Gasteiger charge is 2.63. The van der Waals surface area contributed by atoms with Crippen molar-refractivity contribution in [1.29, 1.82) is 0 Å². The Morgan fingerprint density at radius 3 is 0.989 bits per heavy atom. The van der Waals surface area contributed by atoms with Crippen molar-refractivity contribution in [3.63, 3.8) is 0 Å². The molecule has 0 saturated heterocycles. The molecule has 6 aromatic rings. The zero-order valence-corrected chi connectivity index (χ0v) is 49.0. The van der Waals surface area contributed by atoms with E-state index in [0.717, 1.165) is 48.4 Å². The van der Waals surface area contributed by atoms with Gasteiger partial charge in [0.15, 0.2) is 34.6 Å². The molecule has 6 aliphatic carbocycles. The van der Waals surface area contributed by atoms with Crippen molar-refractivity contribution in [2.75, 3.05) is 0 Å². The van der Waals surface area contributed by atoms with Crippen molar-refractivity contribution in [1.82, 2.24) is 0 Å². The Hall–Kier alpha value is -9.26. The highest BCUT2D eigenvalue weighted by atomic mass is 32.1. The molecule has 4 saturated carbocycles. The molecule has 0 spiro atoms. The molecule has 0 radical (unpaired) electrons. The molecule has 6 unspecified atom stereocenters. The summed E-state index contributed by atoms with van der Waals surface area (Å²) in [5, 5.41) is 0.397. The van der Waals surface area contributed by atoms with E-state index >= 15 is 19.2 Å². The van der Waals surface area contributed by atoms with Gasteiger partial charge in [-0.3, -0.25) is 19.2 Å². The second-order valence-electron chi connectivity index (χ2n) is 23.2. The number of carbonyl (C=O) groups is 8. The fraction of sp³-hybridized carbons (Fsp3) is 0.286. The maximum absolute atomic E-state index is 15.5. The van der Waals surface area contributed by atoms with Crippen LogP contribution >= 0.6 is 22.7 Å². The van der Waals surface area contributed by atoms with E-state index in [9.17, 15) is 19.2 Å². The number of allylic oxidation sites excluding steroid dienone is 4. The maximum atomic E-state index is 15.5. The lowest BCUT2D eigenvalue weighted by Crippen LogP contribution is -2.58. The van der Waals surface area contributed by atoms with E-state index in [1.807, 2.05) is 24.3 Å². The van der Waals surface area contributed by atoms with Gasteiger partial charge < -0.3 is 28.4 Å². The largest absolute Gasteiger partial charge is 0.458 e. The maximum Gasteiger partial charge on any atom is 0.367 e. The molecule has 16 nitrogen and oxygen atoms in total. The molecular formula is C70H56N2O14S2. The van der Waals surface area contributed by atoms with E-state index in [2.05, 4.69) is 0 Å². The normalized spacial score (nSPS) is 23.2. The molecule has 6 atom stereocenters. The first kappa shape index (κ1) is 56.5. The van der Waals surface area contributed by atoms with Gasteiger partial charge in [0.25, 0.3) is 0 Å². The minimum Gasteiger partial charge on any atom is -0.458 e. The van der Waals surface area contributed by atoms with E-state index in [0.29, 0.717) is 68.8 Å². The van der Waals surface area contributed by atoms with Crippen molar-refractivity contribution in [3.8, 4) is 11.5 Å². The van der Waals surface area contributed by atoms with Crippen molar-refractivity contribution in [2.24, 2.45) is 45.5 Å². The number of hydrogen-bond acceptors (Lipinski definition) is 18. The Bertz CT molecular complexity index is 3670. The van der Waals surface area contributed by atoms with E-state index in [4.69, 9.17) is 38.4 Å². The molecule has 2 aliphatic heterocycles. The second kappa shape index (κ2) is 23.1. The number of ether oxygens (including phenoxy) is 6. The van der Waals surface area contributed by atoms with Crippen LogP contribution in [0.3, 0.4) is 0 Å². The first-order chi connectivity index (χ1) is 42.9. The number of aliphatic imine (C=N–C) groups is 2. The lowest BCUT2D eigenvalue weighted by molar-refractivity contribution is -0.179. The summed E-state index contributed by atoms with van der Waals surface area (Å²) >= 11 is 2.17. The molecule has 4 heterocycles. The van der Waals surface area contributed by atoms with Crippen LogP contribution in [-0.4, -0.2) is 69.6 Å². The number of ketones is 4. The van der Waals surface area contributed by atoms with Crippen molar-refractivity contribution in [2.45, 2.75) is 89.0 Å². The number of carbonyl (C=O) groups excluding carboxylic acids is 8. The predicted molar refractivity (Wildman–Crippen MR) is 325 cm³/mol. The molecule has 2 aromatic heterocycles. The van der Waals surface area contributed by atoms with Gasteiger partial charge in [0.05, 0.1) is 9.75 Å². The van der Waals surface area contributed by atoms with Gasteiger partial charge in [-0.2, -0.15) is 0 Å². The third kappa shape index (κ3) is 9.91. The van der Waals surface area contributed by atoms with Gasteiger partial charge in [-0.05, 0) is 47.9 Å². The first-order valence-electron chi connectivity index (χ1n) is 29.6. The van der Waals surface area contributed by atoms with Crippen LogP contribution in [0, 0.1) is 35.5 Å². The lowest BCUT2D eigenvalue weighted by atomic mass is 9.68. The molecule has 442 valence electrons. The van der Waals surface area contributed by atoms with Gasteiger partial charge in [0.1, 0.15) is 47.9 Å². The summed E-state index contributed by atoms with van der Waals surface area (Å²) in [4.78, 5) is 128. The van der Waals surface area contributed by atoms with Crippen LogP contribution < -0.4 is 9.47 Å². The molecule has 4 fully saturated rings. The Labute approximate surface area is 513 Å². The van der Waals surface area contributed by atoms with E-state index in [1.165, 1.54) is 12.1 Å². The number of rotatable bonds is 14. The average molecular weight is 1210 g/mol. The van der Waals surface area contributed by atoms with Gasteiger partial charge in [-0.15, -0.1) is 22.7 Å². The van der Waals surface area contributed by atoms with Crippen molar-refractivity contribution >= 4 is 102 Å². The molecule has 14 rings (SSSR count). The third-order valence-electron chi connectivity index (χ3n) is 17.9. The molecule has 0 bridgehead atoms. The number of benzene rings is 4. The predicted octanol–water partition coefficient (Wildman–Crippen LogP) is 11.7. The minimum absolute atomic E-state index is 0.00899. The SMILES string of the molecule is O=C1C(=Nc2cc3c(s2)C2=CC4C=C5C(=CC4C=C2C(C(=O)OCc2ccccc2)(C(=O)OCc2ccccc2)O3)c2sc(N=C3C(=O)C4CCCCC4C3=O)cc2OC5(C(=O)OCc2ccccc2)C(=O)OCc2ccccc2)C(=O)C2CCCCC12. The average Bonchev–Trinajstić information content (AvgIpc) is 1.04. The van der Waals surface area contributed by atoms with Crippen LogP contribution in [0.1, 0.15) is 83.4 Å². The zero-order valence-electron chi connectivity index (χ0n) is 47.4. The highest BCUT2D eigenvalue weighted by molar-refractivity contribution is 7.18. The molecule has 8 aliphatic rings. The van der Waals surface area contributed by atoms with E-state index in [-0.39, 0.29) is 93.6 Å². The topological polar surface area (TPSA) is 217 Å². The molecule has 18 heteroatoms. The molecule has 0 amide bonds. The summed E-state index contributed by atoms with van der Waals surface area (Å²) in [5.74, 6) is -9.13. The molecule has 0 N–H and O–H groups in total. The monoisotopic (exact) mass is 1210 g/mol. The highest BCUT2D eigenvalue weighted by Crippen LogP contribution is 2.59. The molecule has 4 aromatic carbocycles. The van der Waals surface area contributed by atoms with Gasteiger partial charge >= 0.3 is 35.1 Å². The Morgan fingerprint density at radius 1 is 0.420 bits per heavy atom. The molecule has 88 heavy (non-hydrogen) atoms. The Morgan fingerprint density at radius 2 is 0.705 bits per heavy atom. The Kier molecular flexibility index (Phi) is 14.9. The van der Waals surface area contributed by atoms with Crippen LogP contribution in [-0.2, 0) is 83.7 Å². The fourth-order valence-electron chi connectivity index (χ4n) is 13.5. The second-order valence-corrected chi connectivity index (χ2v) is 25.3. The number of Topliss-reactive ketones (excluding diaryl/α,β-unsaturated/α-hetero) is 4. The molecular weight excluding hydrogens is 1160 g/mol. The Balaban J connectivity index is 0.945. The van der Waals surface area contributed by atoms with Gasteiger partial charge in [-0.25, -0.2) is 29.2 Å². The summed E-state index contributed by atoms with van der Waals surface area (Å²) in [6.45, 7) is -1.05. The first-order valence-corrected chi connectivity index (χ1v) is 31.3. The van der Waals surface area contributed by atoms with Crippen LogP contribution in [0.5, 0.6) is 11.5 Å². The van der Waals surface area contributed by atoms with E-state index in [1.54, 1.807) is 121 Å². The summed E-state index contributed by atoms with van der Waals surface area (Å²) in [7, 11) is 0. The van der Waals surface area contributed by atoms with Crippen LogP contribution in [0.25, 0.3) is 11.1 Å². The third-order valence-corrected chi connectivity index (χ3v) is 19.9. The summed E-state index contributed by atoms with van der Waals surface area (Å²) in [5.41, 5.74) is -2.47. The number of esters is 4. The summed E-state index contributed by atoms with van der Waals surface area (Å²) in [6.07, 6.45) is 12.6. The smallest absolute Gasteiger partial charge is 0.367 e. The standard InChI is InChI=1S/C70H56N2O14S2/c73-59-45-25-13-14-26-46(45)60(74)57(59)71-55-33-53-63(87-55)49-29-44-32-52-50(30-43(44)31-51(49)69(85-53,65(77)81-35-39-17-5-1-6-18-39)66(78)82-36-40-19-7-2-8-20-40)64-54(34-56(88-64)72-58-61(75)47-27-15-16-28-48(47)62(58)76)86-70(52,67(79)83-37-41-21-9-3-10-22-41)68(80)84-38-42-23-11-4-12-24-42/h1-12,17-24,29-34,43-48H,13-16,25-28,35-38H2. The summed E-state index contributed by atoms with van der Waals surface area (Å²) in [6, 6.07) is 38.7. The van der Waals surface area contributed by atoms with E-state index < -0.39 is 70.6 Å². The zero-order chi connectivity index (χ0) is 60.3. The van der Waals surface area contributed by atoms with Gasteiger partial charge in [0.2, 0.25) is 0 Å². The number of fused-ring (bicyclic) bond motifs is 9. The van der Waals surface area contributed by atoms with Crippen LogP contribution in [0.2, 0.25) is 0 Å². The summed E-state index contributed by atoms with van der Waals surface area (Å²) < 4.78 is 38.1. The van der Waals surface area contributed by atoms with Crippen molar-refractivity contribution < 1.29 is 66.8 Å². The number of thiophene rings is 2. The van der Waals surface area contributed by atoms with Gasteiger partial charge in [0, 0.05) is 69.9 Å². The van der Waals surface area contributed by atoms with Gasteiger partial charge in [-0.1, -0.05) is 171 Å². The van der Waals surface area contributed by atoms with Crippen molar-refractivity contribution in [3.05, 3.63) is 201 Å². The fourth-order valence-corrected chi connectivity index (χ4v) is 15.5. The number of nitrogens with zero attached hydrogens (tertiary/aromatic N) is 2. The minimum atomic E-state index is -2.66. The lowest BCUT2D eigenvalue weighted by Gasteiger charge is -2.42. The van der Waals surface area contributed by atoms with Crippen LogP contribution in [0.15, 0.2) is 179 Å². The number of hydrogen-bond donors (Lipinski definition) is 0. The quantitative estimate of drug-likeness (QED) is 0.0563.